The Hall–Kier alpha value is -2.51. The van der Waals surface area contributed by atoms with Gasteiger partial charge in [0.15, 0.2) is 0 Å². The van der Waals surface area contributed by atoms with Gasteiger partial charge in [0.05, 0.1) is 12.5 Å². The van der Waals surface area contributed by atoms with E-state index in [4.69, 9.17) is 4.52 Å². The van der Waals surface area contributed by atoms with E-state index in [0.29, 0.717) is 24.8 Å². The molecule has 32 heavy (non-hydrogen) atoms. The zero-order chi connectivity index (χ0) is 22.3. The number of likely N-dealkylation sites (tertiary alicyclic amines) is 1. The molecule has 1 aliphatic rings. The fourth-order valence-electron chi connectivity index (χ4n) is 4.10. The summed E-state index contributed by atoms with van der Waals surface area (Å²) in [5.74, 6) is 1.32. The fourth-order valence-corrected chi connectivity index (χ4v) is 4.36. The lowest BCUT2D eigenvalue weighted by molar-refractivity contribution is -0.127. The molecule has 2 heterocycles. The number of nitrogens with one attached hydrogen (secondary N) is 1. The average Bonchev–Trinajstić information content (AvgIpc) is 3.27. The van der Waals surface area contributed by atoms with Gasteiger partial charge >= 0.3 is 0 Å². The van der Waals surface area contributed by atoms with Crippen molar-refractivity contribution in [2.75, 3.05) is 13.1 Å². The summed E-state index contributed by atoms with van der Waals surface area (Å²) in [5, 5.41) is 7.33. The SMILES string of the molecule is CC(CCc1ccccc1)NC(=O)C1CCCN(Cc2nc(-c3ccc(Br)cc3)no2)C1. The summed E-state index contributed by atoms with van der Waals surface area (Å²) < 4.78 is 6.48. The molecule has 2 atom stereocenters. The summed E-state index contributed by atoms with van der Waals surface area (Å²) in [7, 11) is 0. The molecular weight excluding hydrogens is 468 g/mol. The maximum absolute atomic E-state index is 12.8. The van der Waals surface area contributed by atoms with E-state index < -0.39 is 0 Å². The van der Waals surface area contributed by atoms with Gasteiger partial charge in [-0.3, -0.25) is 9.69 Å². The van der Waals surface area contributed by atoms with Crippen LogP contribution in [0.25, 0.3) is 11.4 Å². The first-order chi connectivity index (χ1) is 15.6. The van der Waals surface area contributed by atoms with Crippen LogP contribution >= 0.6 is 15.9 Å². The molecule has 2 unspecified atom stereocenters. The van der Waals surface area contributed by atoms with Crippen LogP contribution in [0.4, 0.5) is 0 Å². The van der Waals surface area contributed by atoms with Crippen molar-refractivity contribution in [2.45, 2.75) is 45.2 Å². The van der Waals surface area contributed by atoms with Gasteiger partial charge in [0.2, 0.25) is 17.6 Å². The molecule has 4 rings (SSSR count). The molecule has 1 amide bonds. The zero-order valence-electron chi connectivity index (χ0n) is 18.3. The summed E-state index contributed by atoms with van der Waals surface area (Å²) in [6, 6.07) is 18.4. The molecular formula is C25H29BrN4O2. The minimum absolute atomic E-state index is 0.00297. The molecule has 0 spiro atoms. The van der Waals surface area contributed by atoms with E-state index >= 15 is 0 Å². The predicted molar refractivity (Wildman–Crippen MR) is 128 cm³/mol. The molecule has 6 nitrogen and oxygen atoms in total. The molecule has 1 aromatic heterocycles. The predicted octanol–water partition coefficient (Wildman–Crippen LogP) is 4.85. The Morgan fingerprint density at radius 2 is 2.00 bits per heavy atom. The second-order valence-electron chi connectivity index (χ2n) is 8.53. The van der Waals surface area contributed by atoms with Crippen molar-refractivity contribution in [3.05, 3.63) is 70.5 Å². The smallest absolute Gasteiger partial charge is 0.241 e. The first-order valence-corrected chi connectivity index (χ1v) is 12.0. The molecule has 1 N–H and O–H groups in total. The molecule has 3 aromatic rings. The Kier molecular flexibility index (Phi) is 7.71. The number of nitrogens with zero attached hydrogens (tertiary/aromatic N) is 3. The number of aryl methyl sites for hydroxylation is 1. The van der Waals surface area contributed by atoms with Gasteiger partial charge in [-0.1, -0.05) is 51.4 Å². The van der Waals surface area contributed by atoms with Crippen LogP contribution in [0.3, 0.4) is 0 Å². The van der Waals surface area contributed by atoms with Gasteiger partial charge in [0, 0.05) is 22.6 Å². The Morgan fingerprint density at radius 1 is 1.22 bits per heavy atom. The maximum atomic E-state index is 12.8. The topological polar surface area (TPSA) is 71.3 Å². The van der Waals surface area contributed by atoms with Crippen molar-refractivity contribution in [2.24, 2.45) is 5.92 Å². The average molecular weight is 497 g/mol. The Balaban J connectivity index is 1.26. The van der Waals surface area contributed by atoms with Gasteiger partial charge in [0.1, 0.15) is 0 Å². The largest absolute Gasteiger partial charge is 0.353 e. The van der Waals surface area contributed by atoms with Crippen LogP contribution in [0.2, 0.25) is 0 Å². The van der Waals surface area contributed by atoms with Gasteiger partial charge in [-0.25, -0.2) is 0 Å². The molecule has 168 valence electrons. The van der Waals surface area contributed by atoms with Crippen LogP contribution in [0.1, 0.15) is 37.6 Å². The van der Waals surface area contributed by atoms with E-state index in [-0.39, 0.29) is 17.9 Å². The third kappa shape index (κ3) is 6.26. The highest BCUT2D eigenvalue weighted by Crippen LogP contribution is 2.22. The number of hydrogen-bond acceptors (Lipinski definition) is 5. The van der Waals surface area contributed by atoms with Crippen LogP contribution in [-0.2, 0) is 17.8 Å². The molecule has 1 aliphatic heterocycles. The van der Waals surface area contributed by atoms with Gasteiger partial charge < -0.3 is 9.84 Å². The van der Waals surface area contributed by atoms with E-state index in [2.05, 4.69) is 67.5 Å². The van der Waals surface area contributed by atoms with Gasteiger partial charge in [-0.05, 0) is 69.0 Å². The summed E-state index contributed by atoms with van der Waals surface area (Å²) in [4.78, 5) is 19.6. The van der Waals surface area contributed by atoms with Crippen LogP contribution in [0.15, 0.2) is 63.6 Å². The van der Waals surface area contributed by atoms with Crippen molar-refractivity contribution in [3.63, 3.8) is 0 Å². The molecule has 1 saturated heterocycles. The lowest BCUT2D eigenvalue weighted by Gasteiger charge is -2.31. The van der Waals surface area contributed by atoms with Crippen molar-refractivity contribution >= 4 is 21.8 Å². The lowest BCUT2D eigenvalue weighted by atomic mass is 9.96. The van der Waals surface area contributed by atoms with E-state index in [1.165, 1.54) is 5.56 Å². The Morgan fingerprint density at radius 3 is 2.78 bits per heavy atom. The monoisotopic (exact) mass is 496 g/mol. The van der Waals surface area contributed by atoms with E-state index in [1.807, 2.05) is 30.3 Å². The maximum Gasteiger partial charge on any atom is 0.241 e. The highest BCUT2D eigenvalue weighted by Gasteiger charge is 2.27. The standard InChI is InChI=1S/C25H29BrN4O2/c1-18(9-10-19-6-3-2-4-7-19)27-25(31)21-8-5-15-30(16-21)17-23-28-24(29-32-23)20-11-13-22(26)14-12-20/h2-4,6-7,11-14,18,21H,5,8-10,15-17H2,1H3,(H,27,31). The van der Waals surface area contributed by atoms with Crippen LogP contribution in [-0.4, -0.2) is 40.1 Å². The number of rotatable bonds is 8. The second kappa shape index (κ2) is 10.9. The van der Waals surface area contributed by atoms with Crippen molar-refractivity contribution < 1.29 is 9.32 Å². The molecule has 0 aliphatic carbocycles. The quantitative estimate of drug-likeness (QED) is 0.482. The van der Waals surface area contributed by atoms with Crippen LogP contribution < -0.4 is 5.32 Å². The number of hydrogen-bond donors (Lipinski definition) is 1. The van der Waals surface area contributed by atoms with E-state index in [0.717, 1.165) is 42.3 Å². The summed E-state index contributed by atoms with van der Waals surface area (Å²) in [6.07, 6.45) is 3.82. The highest BCUT2D eigenvalue weighted by molar-refractivity contribution is 9.10. The number of carbonyl (C=O) groups is 1. The number of piperidine rings is 1. The van der Waals surface area contributed by atoms with Crippen molar-refractivity contribution in [1.82, 2.24) is 20.4 Å². The summed E-state index contributed by atoms with van der Waals surface area (Å²) >= 11 is 3.44. The molecule has 2 aromatic carbocycles. The molecule has 1 fully saturated rings. The number of carbonyl (C=O) groups excluding carboxylic acids is 1. The number of aromatic nitrogens is 2. The highest BCUT2D eigenvalue weighted by atomic mass is 79.9. The van der Waals surface area contributed by atoms with Gasteiger partial charge in [-0.2, -0.15) is 4.98 Å². The normalized spacial score (nSPS) is 17.8. The number of halogens is 1. The van der Waals surface area contributed by atoms with E-state index in [9.17, 15) is 4.79 Å². The van der Waals surface area contributed by atoms with Crippen LogP contribution in [0, 0.1) is 5.92 Å². The molecule has 7 heteroatoms. The molecule has 0 bridgehead atoms. The van der Waals surface area contributed by atoms with Gasteiger partial charge in [-0.15, -0.1) is 0 Å². The Bertz CT molecular complexity index is 1010. The number of amides is 1. The number of benzene rings is 2. The van der Waals surface area contributed by atoms with Crippen molar-refractivity contribution in [3.8, 4) is 11.4 Å². The summed E-state index contributed by atoms with van der Waals surface area (Å²) in [5.41, 5.74) is 2.23. The Labute approximate surface area is 197 Å². The van der Waals surface area contributed by atoms with E-state index in [1.54, 1.807) is 0 Å². The van der Waals surface area contributed by atoms with Gasteiger partial charge in [0.25, 0.3) is 0 Å². The molecule has 0 saturated carbocycles. The fraction of sp³-hybridized carbons (Fsp3) is 0.400. The summed E-state index contributed by atoms with van der Waals surface area (Å²) in [6.45, 7) is 4.30. The zero-order valence-corrected chi connectivity index (χ0v) is 19.9. The second-order valence-corrected chi connectivity index (χ2v) is 9.44. The third-order valence-corrected chi connectivity index (χ3v) is 6.43. The minimum Gasteiger partial charge on any atom is -0.353 e. The van der Waals surface area contributed by atoms with Crippen LogP contribution in [0.5, 0.6) is 0 Å². The van der Waals surface area contributed by atoms with Crippen molar-refractivity contribution in [1.29, 1.82) is 0 Å². The lowest BCUT2D eigenvalue weighted by Crippen LogP contribution is -2.45. The molecule has 0 radical (unpaired) electrons. The minimum atomic E-state index is -0.00297. The first kappa shape index (κ1) is 22.7. The first-order valence-electron chi connectivity index (χ1n) is 11.2. The third-order valence-electron chi connectivity index (χ3n) is 5.90.